The lowest BCUT2D eigenvalue weighted by Crippen LogP contribution is -2.48. The van der Waals surface area contributed by atoms with Crippen molar-refractivity contribution in [2.45, 2.75) is 38.1 Å². The Bertz CT molecular complexity index is 884. The molecule has 0 radical (unpaired) electrons. The number of hydrogen-bond donors (Lipinski definition) is 3. The SMILES string of the molecule is CC1(N)CCCCC1CNc1nc2cc(N)ccc2c2cscc12. The first kappa shape index (κ1) is 15.7. The van der Waals surface area contributed by atoms with Crippen molar-refractivity contribution in [1.82, 2.24) is 4.98 Å². The lowest BCUT2D eigenvalue weighted by Gasteiger charge is -2.38. The Morgan fingerprint density at radius 3 is 2.92 bits per heavy atom. The molecule has 4 rings (SSSR count). The second-order valence-corrected chi connectivity index (χ2v) is 8.01. The Morgan fingerprint density at radius 1 is 1.25 bits per heavy atom. The van der Waals surface area contributed by atoms with Crippen molar-refractivity contribution >= 4 is 44.5 Å². The van der Waals surface area contributed by atoms with Gasteiger partial charge >= 0.3 is 0 Å². The summed E-state index contributed by atoms with van der Waals surface area (Å²) >= 11 is 1.71. The van der Waals surface area contributed by atoms with Gasteiger partial charge < -0.3 is 16.8 Å². The zero-order chi connectivity index (χ0) is 16.7. The van der Waals surface area contributed by atoms with Gasteiger partial charge in [-0.25, -0.2) is 4.98 Å². The number of aromatic nitrogens is 1. The summed E-state index contributed by atoms with van der Waals surface area (Å²) in [5, 5.41) is 11.5. The van der Waals surface area contributed by atoms with Crippen molar-refractivity contribution in [2.24, 2.45) is 11.7 Å². The molecule has 2 aromatic heterocycles. The third kappa shape index (κ3) is 2.72. The number of benzene rings is 1. The van der Waals surface area contributed by atoms with Gasteiger partial charge in [-0.15, -0.1) is 0 Å². The first-order chi connectivity index (χ1) is 11.5. The van der Waals surface area contributed by atoms with Gasteiger partial charge in [-0.05, 0) is 43.2 Å². The predicted molar refractivity (Wildman–Crippen MR) is 105 cm³/mol. The van der Waals surface area contributed by atoms with Crippen LogP contribution in [0.2, 0.25) is 0 Å². The third-order valence-corrected chi connectivity index (χ3v) is 6.17. The minimum absolute atomic E-state index is 0.0830. The average Bonchev–Trinajstić information content (AvgIpc) is 3.02. The zero-order valence-electron chi connectivity index (χ0n) is 14.0. The first-order valence-electron chi connectivity index (χ1n) is 8.62. The number of nitrogens with one attached hydrogen (secondary N) is 1. The van der Waals surface area contributed by atoms with E-state index in [1.54, 1.807) is 11.3 Å². The Hall–Kier alpha value is -1.85. The van der Waals surface area contributed by atoms with Gasteiger partial charge in [-0.1, -0.05) is 18.9 Å². The summed E-state index contributed by atoms with van der Waals surface area (Å²) in [6.45, 7) is 3.06. The van der Waals surface area contributed by atoms with E-state index in [4.69, 9.17) is 16.5 Å². The molecular formula is C19H24N4S. The summed E-state index contributed by atoms with van der Waals surface area (Å²) < 4.78 is 0. The van der Waals surface area contributed by atoms with Crippen LogP contribution in [0.3, 0.4) is 0 Å². The fourth-order valence-electron chi connectivity index (χ4n) is 3.86. The third-order valence-electron chi connectivity index (χ3n) is 5.43. The lowest BCUT2D eigenvalue weighted by atomic mass is 9.74. The van der Waals surface area contributed by atoms with Gasteiger partial charge in [0.15, 0.2) is 0 Å². The van der Waals surface area contributed by atoms with Crippen molar-refractivity contribution in [3.63, 3.8) is 0 Å². The highest BCUT2D eigenvalue weighted by molar-refractivity contribution is 7.09. The van der Waals surface area contributed by atoms with Gasteiger partial charge in [-0.2, -0.15) is 11.3 Å². The van der Waals surface area contributed by atoms with Gasteiger partial charge in [0.05, 0.1) is 5.52 Å². The largest absolute Gasteiger partial charge is 0.399 e. The number of pyridine rings is 1. The van der Waals surface area contributed by atoms with Crippen molar-refractivity contribution in [3.05, 3.63) is 29.0 Å². The highest BCUT2D eigenvalue weighted by Crippen LogP contribution is 2.35. The highest BCUT2D eigenvalue weighted by Gasteiger charge is 2.32. The Morgan fingerprint density at radius 2 is 2.08 bits per heavy atom. The molecule has 1 fully saturated rings. The van der Waals surface area contributed by atoms with Gasteiger partial charge in [0.25, 0.3) is 0 Å². The van der Waals surface area contributed by atoms with Gasteiger partial charge in [0, 0.05) is 39.3 Å². The van der Waals surface area contributed by atoms with Crippen LogP contribution in [0, 0.1) is 5.92 Å². The Labute approximate surface area is 146 Å². The number of anilines is 2. The molecule has 2 unspecified atom stereocenters. The first-order valence-corrected chi connectivity index (χ1v) is 9.57. The van der Waals surface area contributed by atoms with E-state index in [0.717, 1.165) is 35.4 Å². The second-order valence-electron chi connectivity index (χ2n) is 7.27. The summed E-state index contributed by atoms with van der Waals surface area (Å²) in [5.74, 6) is 1.43. The van der Waals surface area contributed by atoms with Crippen LogP contribution >= 0.6 is 11.3 Å². The van der Waals surface area contributed by atoms with Crippen LogP contribution in [0.5, 0.6) is 0 Å². The van der Waals surface area contributed by atoms with Crippen LogP contribution in [0.15, 0.2) is 29.0 Å². The second kappa shape index (κ2) is 5.90. The number of nitrogens with zero attached hydrogens (tertiary/aromatic N) is 1. The number of thiophene rings is 1. The molecule has 0 spiro atoms. The van der Waals surface area contributed by atoms with Crippen LogP contribution in [-0.4, -0.2) is 17.1 Å². The molecule has 2 atom stereocenters. The standard InChI is InChI=1S/C19H24N4S/c1-19(21)7-3-2-4-12(19)9-22-18-16-11-24-10-15(16)14-6-5-13(20)8-17(14)23-18/h5-6,8,10-12H,2-4,7,9,20-21H2,1H3,(H,22,23). The molecule has 4 nitrogen and oxygen atoms in total. The highest BCUT2D eigenvalue weighted by atomic mass is 32.1. The minimum Gasteiger partial charge on any atom is -0.399 e. The average molecular weight is 340 g/mol. The van der Waals surface area contributed by atoms with Crippen LogP contribution in [-0.2, 0) is 0 Å². The van der Waals surface area contributed by atoms with Crippen LogP contribution in [0.25, 0.3) is 21.7 Å². The monoisotopic (exact) mass is 340 g/mol. The van der Waals surface area contributed by atoms with E-state index in [9.17, 15) is 0 Å². The fourth-order valence-corrected chi connectivity index (χ4v) is 4.69. The van der Waals surface area contributed by atoms with Gasteiger partial charge in [0.1, 0.15) is 5.82 Å². The number of nitrogen functional groups attached to an aromatic ring is 1. The van der Waals surface area contributed by atoms with E-state index in [2.05, 4.69) is 29.1 Å². The molecule has 5 heteroatoms. The number of rotatable bonds is 3. The Balaban J connectivity index is 1.69. The topological polar surface area (TPSA) is 77.0 Å². The molecule has 2 heterocycles. The minimum atomic E-state index is -0.0830. The van der Waals surface area contributed by atoms with E-state index < -0.39 is 0 Å². The van der Waals surface area contributed by atoms with Gasteiger partial charge in [0.2, 0.25) is 0 Å². The van der Waals surface area contributed by atoms with E-state index in [1.165, 1.54) is 30.0 Å². The molecule has 1 aromatic carbocycles. The molecule has 0 aliphatic heterocycles. The number of fused-ring (bicyclic) bond motifs is 3. The normalized spacial score (nSPS) is 24.5. The lowest BCUT2D eigenvalue weighted by molar-refractivity contribution is 0.219. The van der Waals surface area contributed by atoms with Crippen LogP contribution in [0.4, 0.5) is 11.5 Å². The van der Waals surface area contributed by atoms with Crippen LogP contribution < -0.4 is 16.8 Å². The molecule has 24 heavy (non-hydrogen) atoms. The molecule has 3 aromatic rings. The molecule has 1 aliphatic rings. The van der Waals surface area contributed by atoms with Crippen LogP contribution in [0.1, 0.15) is 32.6 Å². The molecule has 5 N–H and O–H groups in total. The summed E-state index contributed by atoms with van der Waals surface area (Å²) in [6.07, 6.45) is 4.81. The maximum absolute atomic E-state index is 6.51. The summed E-state index contributed by atoms with van der Waals surface area (Å²) in [5.41, 5.74) is 14.1. The van der Waals surface area contributed by atoms with E-state index in [-0.39, 0.29) is 5.54 Å². The molecule has 0 amide bonds. The molecule has 1 aliphatic carbocycles. The van der Waals surface area contributed by atoms with E-state index in [1.807, 2.05) is 12.1 Å². The molecule has 126 valence electrons. The maximum Gasteiger partial charge on any atom is 0.135 e. The molecule has 1 saturated carbocycles. The predicted octanol–water partition coefficient (Wildman–Crippen LogP) is 4.35. The van der Waals surface area contributed by atoms with E-state index >= 15 is 0 Å². The van der Waals surface area contributed by atoms with Crippen molar-refractivity contribution in [1.29, 1.82) is 0 Å². The molecular weight excluding hydrogens is 316 g/mol. The summed E-state index contributed by atoms with van der Waals surface area (Å²) in [7, 11) is 0. The van der Waals surface area contributed by atoms with E-state index in [0.29, 0.717) is 5.92 Å². The summed E-state index contributed by atoms with van der Waals surface area (Å²) in [6, 6.07) is 5.95. The van der Waals surface area contributed by atoms with Crippen molar-refractivity contribution in [2.75, 3.05) is 17.6 Å². The molecule has 0 saturated heterocycles. The summed E-state index contributed by atoms with van der Waals surface area (Å²) in [4.78, 5) is 4.84. The van der Waals surface area contributed by atoms with Gasteiger partial charge in [-0.3, -0.25) is 0 Å². The number of hydrogen-bond acceptors (Lipinski definition) is 5. The quantitative estimate of drug-likeness (QED) is 0.619. The number of nitrogens with two attached hydrogens (primary N) is 2. The fraction of sp³-hybridized carbons (Fsp3) is 0.421. The molecule has 0 bridgehead atoms. The zero-order valence-corrected chi connectivity index (χ0v) is 14.8. The Kier molecular flexibility index (Phi) is 3.85. The van der Waals surface area contributed by atoms with Crippen molar-refractivity contribution < 1.29 is 0 Å². The van der Waals surface area contributed by atoms with Crippen molar-refractivity contribution in [3.8, 4) is 0 Å². The smallest absolute Gasteiger partial charge is 0.135 e. The maximum atomic E-state index is 6.51.